The molecular formula is C20H22ClN3O3S. The molecule has 28 heavy (non-hydrogen) atoms. The number of benzene rings is 2. The molecular weight excluding hydrogens is 398 g/mol. The van der Waals surface area contributed by atoms with Crippen LogP contribution in [0.4, 0.5) is 0 Å². The summed E-state index contributed by atoms with van der Waals surface area (Å²) in [4.78, 5) is 17.3. The summed E-state index contributed by atoms with van der Waals surface area (Å²) in [5.74, 6) is -0.136. The van der Waals surface area contributed by atoms with Crippen molar-refractivity contribution < 1.29 is 13.2 Å². The first-order valence-corrected chi connectivity index (χ1v) is 10.9. The maximum absolute atomic E-state index is 12.7. The molecule has 0 bridgehead atoms. The molecule has 1 aliphatic heterocycles. The first kappa shape index (κ1) is 20.4. The van der Waals surface area contributed by atoms with Crippen LogP contribution in [0.15, 0.2) is 58.4 Å². The van der Waals surface area contributed by atoms with Crippen molar-refractivity contribution in [2.24, 2.45) is 10.9 Å². The van der Waals surface area contributed by atoms with Gasteiger partial charge in [0.25, 0.3) is 10.0 Å². The van der Waals surface area contributed by atoms with Gasteiger partial charge >= 0.3 is 0 Å². The minimum atomic E-state index is -3.63. The molecule has 0 aromatic heterocycles. The number of hydrogen-bond donors (Lipinski definition) is 2. The Hall–Kier alpha value is -2.38. The highest BCUT2D eigenvalue weighted by atomic mass is 35.5. The van der Waals surface area contributed by atoms with Crippen LogP contribution in [0.1, 0.15) is 25.0 Å². The first-order valence-electron chi connectivity index (χ1n) is 9.00. The zero-order valence-electron chi connectivity index (χ0n) is 15.6. The van der Waals surface area contributed by atoms with E-state index in [0.717, 1.165) is 5.56 Å². The molecule has 0 saturated heterocycles. The molecule has 0 spiro atoms. The van der Waals surface area contributed by atoms with Crippen molar-refractivity contribution in [3.63, 3.8) is 0 Å². The third kappa shape index (κ3) is 4.54. The maximum Gasteiger partial charge on any atom is 0.263 e. The lowest BCUT2D eigenvalue weighted by Crippen LogP contribution is -2.39. The van der Waals surface area contributed by atoms with Gasteiger partial charge in [-0.1, -0.05) is 49.7 Å². The molecule has 8 heteroatoms. The summed E-state index contributed by atoms with van der Waals surface area (Å²) in [6.07, 6.45) is 0.642. The predicted octanol–water partition coefficient (Wildman–Crippen LogP) is 2.76. The number of amides is 1. The van der Waals surface area contributed by atoms with Gasteiger partial charge in [0.1, 0.15) is 11.9 Å². The molecule has 2 N–H and O–H groups in total. The van der Waals surface area contributed by atoms with Gasteiger partial charge in [-0.15, -0.1) is 0 Å². The van der Waals surface area contributed by atoms with Crippen molar-refractivity contribution in [1.29, 1.82) is 0 Å². The average Bonchev–Trinajstić information content (AvgIpc) is 2.90. The fraction of sp³-hybridized carbons (Fsp3) is 0.300. The molecule has 148 valence electrons. The second-order valence-corrected chi connectivity index (χ2v) is 9.03. The number of halogens is 1. The van der Waals surface area contributed by atoms with Crippen molar-refractivity contribution in [2.75, 3.05) is 6.54 Å². The normalized spacial score (nSPS) is 17.2. The van der Waals surface area contributed by atoms with Gasteiger partial charge in [0.2, 0.25) is 5.91 Å². The lowest BCUT2D eigenvalue weighted by molar-refractivity contribution is -0.123. The van der Waals surface area contributed by atoms with Gasteiger partial charge < -0.3 is 5.32 Å². The summed E-state index contributed by atoms with van der Waals surface area (Å²) in [6, 6.07) is 13.4. The summed E-state index contributed by atoms with van der Waals surface area (Å²) in [5, 5.41) is 3.54. The van der Waals surface area contributed by atoms with Crippen molar-refractivity contribution >= 4 is 33.4 Å². The molecule has 1 amide bonds. The van der Waals surface area contributed by atoms with Crippen molar-refractivity contribution in [2.45, 2.75) is 31.2 Å². The van der Waals surface area contributed by atoms with E-state index < -0.39 is 16.1 Å². The van der Waals surface area contributed by atoms with Gasteiger partial charge in [-0.2, -0.15) is 0 Å². The van der Waals surface area contributed by atoms with Crippen LogP contribution < -0.4 is 10.0 Å². The van der Waals surface area contributed by atoms with Gasteiger partial charge in [-0.05, 0) is 42.2 Å². The summed E-state index contributed by atoms with van der Waals surface area (Å²) < 4.78 is 26.9. The highest BCUT2D eigenvalue weighted by molar-refractivity contribution is 7.90. The van der Waals surface area contributed by atoms with Gasteiger partial charge in [0.15, 0.2) is 0 Å². The number of fused-ring (bicyclic) bond motifs is 1. The SMILES string of the molecule is CC(C)C(N=C1NS(=O)(=O)c2ccccc21)C(=O)NCCc1cccc(Cl)c1. The number of nitrogens with one attached hydrogen (secondary N) is 2. The molecule has 1 heterocycles. The standard InChI is InChI=1S/C20H22ClN3O3S/c1-13(2)18(20(25)22-11-10-14-6-5-7-15(21)12-14)23-19-16-8-3-4-9-17(16)28(26,27)24-19/h3-9,12-13,18H,10-11H2,1-2H3,(H,22,25)(H,23,24). The summed E-state index contributed by atoms with van der Waals surface area (Å²) >= 11 is 5.98. The Labute approximate surface area is 170 Å². The van der Waals surface area contributed by atoms with Crippen LogP contribution >= 0.6 is 11.6 Å². The smallest absolute Gasteiger partial charge is 0.263 e. The minimum absolute atomic E-state index is 0.101. The Morgan fingerprint density at radius 3 is 2.64 bits per heavy atom. The van der Waals surface area contributed by atoms with E-state index in [4.69, 9.17) is 11.6 Å². The Bertz CT molecular complexity index is 1020. The van der Waals surface area contributed by atoms with Crippen LogP contribution in [-0.4, -0.2) is 32.7 Å². The van der Waals surface area contributed by atoms with Gasteiger partial charge in [0, 0.05) is 17.1 Å². The van der Waals surface area contributed by atoms with E-state index in [-0.39, 0.29) is 22.6 Å². The van der Waals surface area contributed by atoms with Crippen LogP contribution in [0, 0.1) is 5.92 Å². The fourth-order valence-corrected chi connectivity index (χ4v) is 4.46. The largest absolute Gasteiger partial charge is 0.354 e. The third-order valence-corrected chi connectivity index (χ3v) is 6.07. The van der Waals surface area contributed by atoms with Crippen LogP contribution in [0.25, 0.3) is 0 Å². The molecule has 2 aromatic rings. The lowest BCUT2D eigenvalue weighted by atomic mass is 10.0. The van der Waals surface area contributed by atoms with Crippen molar-refractivity contribution in [3.05, 3.63) is 64.7 Å². The van der Waals surface area contributed by atoms with E-state index in [1.165, 1.54) is 6.07 Å². The number of carbonyl (C=O) groups is 1. The van der Waals surface area contributed by atoms with E-state index in [1.807, 2.05) is 32.0 Å². The van der Waals surface area contributed by atoms with E-state index in [2.05, 4.69) is 15.0 Å². The molecule has 0 fully saturated rings. The zero-order valence-corrected chi connectivity index (χ0v) is 17.2. The Morgan fingerprint density at radius 2 is 1.93 bits per heavy atom. The Kier molecular flexibility index (Phi) is 6.05. The van der Waals surface area contributed by atoms with Crippen LogP contribution in [0.3, 0.4) is 0 Å². The molecule has 3 rings (SSSR count). The van der Waals surface area contributed by atoms with Gasteiger partial charge in [-0.25, -0.2) is 8.42 Å². The number of carbonyl (C=O) groups excluding carboxylic acids is 1. The number of nitrogens with zero attached hydrogens (tertiary/aromatic N) is 1. The second kappa shape index (κ2) is 8.32. The number of sulfonamides is 1. The monoisotopic (exact) mass is 419 g/mol. The highest BCUT2D eigenvalue weighted by Gasteiger charge is 2.32. The highest BCUT2D eigenvalue weighted by Crippen LogP contribution is 2.23. The Morgan fingerprint density at radius 1 is 1.18 bits per heavy atom. The first-order chi connectivity index (χ1) is 13.3. The maximum atomic E-state index is 12.7. The molecule has 1 unspecified atom stereocenters. The van der Waals surface area contributed by atoms with Crippen LogP contribution in [0.5, 0.6) is 0 Å². The van der Waals surface area contributed by atoms with Crippen molar-refractivity contribution in [1.82, 2.24) is 10.0 Å². The van der Waals surface area contributed by atoms with Crippen LogP contribution in [-0.2, 0) is 21.2 Å². The molecule has 1 atom stereocenters. The molecule has 1 aliphatic rings. The molecule has 6 nitrogen and oxygen atoms in total. The van der Waals surface area contributed by atoms with E-state index >= 15 is 0 Å². The van der Waals surface area contributed by atoms with Crippen LogP contribution in [0.2, 0.25) is 5.02 Å². The third-order valence-electron chi connectivity index (χ3n) is 4.43. The second-order valence-electron chi connectivity index (χ2n) is 6.94. The topological polar surface area (TPSA) is 87.6 Å². The minimum Gasteiger partial charge on any atom is -0.354 e. The summed E-state index contributed by atoms with van der Waals surface area (Å²) in [7, 11) is -3.63. The van der Waals surface area contributed by atoms with E-state index in [9.17, 15) is 13.2 Å². The molecule has 0 radical (unpaired) electrons. The predicted molar refractivity (Wildman–Crippen MR) is 110 cm³/mol. The number of rotatable bonds is 6. The number of amidine groups is 1. The number of aliphatic imine (C=N–C) groups is 1. The average molecular weight is 420 g/mol. The lowest BCUT2D eigenvalue weighted by Gasteiger charge is -2.17. The molecule has 2 aromatic carbocycles. The molecule has 0 aliphatic carbocycles. The molecule has 0 saturated carbocycles. The van der Waals surface area contributed by atoms with Gasteiger partial charge in [0.05, 0.1) is 4.90 Å². The zero-order chi connectivity index (χ0) is 20.3. The van der Waals surface area contributed by atoms with E-state index in [0.29, 0.717) is 23.6 Å². The summed E-state index contributed by atoms with van der Waals surface area (Å²) in [5.41, 5.74) is 1.51. The quantitative estimate of drug-likeness (QED) is 0.754. The van der Waals surface area contributed by atoms with E-state index in [1.54, 1.807) is 24.3 Å². The Balaban J connectivity index is 1.73. The summed E-state index contributed by atoms with van der Waals surface area (Å²) in [6.45, 7) is 4.19. The van der Waals surface area contributed by atoms with Crippen molar-refractivity contribution in [3.8, 4) is 0 Å². The van der Waals surface area contributed by atoms with Gasteiger partial charge in [-0.3, -0.25) is 14.5 Å². The fourth-order valence-electron chi connectivity index (χ4n) is 3.01. The number of hydrogen-bond acceptors (Lipinski definition) is 4.